The minimum atomic E-state index is -0.211. The van der Waals surface area contributed by atoms with E-state index in [4.69, 9.17) is 4.74 Å². The molecule has 2 unspecified atom stereocenters. The Labute approximate surface area is 126 Å². The summed E-state index contributed by atoms with van der Waals surface area (Å²) in [6.07, 6.45) is 2.63. The maximum atomic E-state index is 10.6. The standard InChI is InChI=1S/C17H24N2O2/c20-16(15-12-18-6-8-19(15)9-7-18)3-1-13-2-4-17-14(11-13)5-10-21-17/h2,4,11,15-16,20H,1,3,5-10,12H2. The number of benzene rings is 1. The predicted octanol–water partition coefficient (Wildman–Crippen LogP) is 0.915. The van der Waals surface area contributed by atoms with Crippen molar-refractivity contribution >= 4 is 0 Å². The van der Waals surface area contributed by atoms with Crippen LogP contribution in [0.25, 0.3) is 0 Å². The zero-order chi connectivity index (χ0) is 14.2. The summed E-state index contributed by atoms with van der Waals surface area (Å²) in [5.41, 5.74) is 2.66. The fourth-order valence-electron chi connectivity index (χ4n) is 3.92. The fourth-order valence-corrected chi connectivity index (χ4v) is 3.92. The summed E-state index contributed by atoms with van der Waals surface area (Å²) in [5.74, 6) is 1.04. The first-order chi connectivity index (χ1) is 10.3. The molecule has 0 aliphatic carbocycles. The van der Waals surface area contributed by atoms with Gasteiger partial charge in [0, 0.05) is 45.2 Å². The predicted molar refractivity (Wildman–Crippen MR) is 81.8 cm³/mol. The van der Waals surface area contributed by atoms with Gasteiger partial charge >= 0.3 is 0 Å². The molecule has 5 rings (SSSR count). The lowest BCUT2D eigenvalue weighted by Gasteiger charge is -2.49. The number of nitrogens with zero attached hydrogens (tertiary/aromatic N) is 2. The lowest BCUT2D eigenvalue weighted by Crippen LogP contribution is -2.64. The molecule has 4 aliphatic heterocycles. The van der Waals surface area contributed by atoms with Crippen LogP contribution >= 0.6 is 0 Å². The van der Waals surface area contributed by atoms with Crippen LogP contribution in [-0.4, -0.2) is 66.4 Å². The maximum Gasteiger partial charge on any atom is 0.122 e. The largest absolute Gasteiger partial charge is 0.493 e. The van der Waals surface area contributed by atoms with Crippen molar-refractivity contribution < 1.29 is 9.84 Å². The van der Waals surface area contributed by atoms with Crippen molar-refractivity contribution in [2.45, 2.75) is 31.4 Å². The summed E-state index contributed by atoms with van der Waals surface area (Å²) in [6, 6.07) is 6.83. The third-order valence-electron chi connectivity index (χ3n) is 5.25. The number of hydrogen-bond acceptors (Lipinski definition) is 4. The Bertz CT molecular complexity index is 512. The molecule has 3 saturated heterocycles. The van der Waals surface area contributed by atoms with Crippen molar-refractivity contribution in [2.24, 2.45) is 0 Å². The SMILES string of the molecule is OC(CCc1ccc2c(c1)CCO2)C1CN2CCN1CC2. The van der Waals surface area contributed by atoms with Crippen LogP contribution in [0.1, 0.15) is 17.5 Å². The Hall–Kier alpha value is -1.10. The molecule has 0 aromatic heterocycles. The fraction of sp³-hybridized carbons (Fsp3) is 0.647. The first-order valence-electron chi connectivity index (χ1n) is 8.19. The third-order valence-corrected chi connectivity index (χ3v) is 5.25. The first kappa shape index (κ1) is 13.6. The second-order valence-electron chi connectivity index (χ2n) is 6.55. The number of aryl methyl sites for hydroxylation is 1. The monoisotopic (exact) mass is 288 g/mol. The number of rotatable bonds is 4. The van der Waals surface area contributed by atoms with E-state index in [1.807, 2.05) is 0 Å². The molecule has 0 spiro atoms. The molecule has 0 saturated carbocycles. The van der Waals surface area contributed by atoms with Gasteiger partial charge in [-0.25, -0.2) is 0 Å². The maximum absolute atomic E-state index is 10.6. The van der Waals surface area contributed by atoms with E-state index in [1.54, 1.807) is 0 Å². The summed E-state index contributed by atoms with van der Waals surface area (Å²) in [7, 11) is 0. The Morgan fingerprint density at radius 3 is 2.86 bits per heavy atom. The van der Waals surface area contributed by atoms with Crippen LogP contribution in [0.4, 0.5) is 0 Å². The minimum absolute atomic E-state index is 0.211. The van der Waals surface area contributed by atoms with Crippen molar-refractivity contribution in [3.63, 3.8) is 0 Å². The molecule has 114 valence electrons. The van der Waals surface area contributed by atoms with Crippen LogP contribution in [0, 0.1) is 0 Å². The molecule has 1 aromatic rings. The van der Waals surface area contributed by atoms with E-state index in [9.17, 15) is 5.11 Å². The van der Waals surface area contributed by atoms with Gasteiger partial charge in [-0.1, -0.05) is 12.1 Å². The van der Waals surface area contributed by atoms with Crippen LogP contribution in [0.5, 0.6) is 5.75 Å². The molecule has 4 heteroatoms. The Kier molecular flexibility index (Phi) is 3.61. The summed E-state index contributed by atoms with van der Waals surface area (Å²) in [6.45, 7) is 6.45. The highest BCUT2D eigenvalue weighted by Gasteiger charge is 2.35. The summed E-state index contributed by atoms with van der Waals surface area (Å²) in [5, 5.41) is 10.6. The molecule has 1 aromatic carbocycles. The van der Waals surface area contributed by atoms with Crippen LogP contribution in [-0.2, 0) is 12.8 Å². The molecule has 4 aliphatic rings. The molecule has 21 heavy (non-hydrogen) atoms. The molecular formula is C17H24N2O2. The van der Waals surface area contributed by atoms with Crippen LogP contribution in [0.3, 0.4) is 0 Å². The third kappa shape index (κ3) is 2.68. The van der Waals surface area contributed by atoms with E-state index in [1.165, 1.54) is 24.2 Å². The minimum Gasteiger partial charge on any atom is -0.493 e. The average molecular weight is 288 g/mol. The van der Waals surface area contributed by atoms with Gasteiger partial charge in [-0.2, -0.15) is 0 Å². The van der Waals surface area contributed by atoms with Gasteiger partial charge in [-0.3, -0.25) is 9.80 Å². The zero-order valence-electron chi connectivity index (χ0n) is 12.5. The molecular weight excluding hydrogens is 264 g/mol. The van der Waals surface area contributed by atoms with E-state index in [0.29, 0.717) is 6.04 Å². The second kappa shape index (κ2) is 5.59. The van der Waals surface area contributed by atoms with E-state index in [-0.39, 0.29) is 6.10 Å². The molecule has 4 nitrogen and oxygen atoms in total. The second-order valence-corrected chi connectivity index (χ2v) is 6.55. The van der Waals surface area contributed by atoms with Crippen molar-refractivity contribution in [3.8, 4) is 5.75 Å². The average Bonchev–Trinajstić information content (AvgIpc) is 3.01. The summed E-state index contributed by atoms with van der Waals surface area (Å²) in [4.78, 5) is 4.96. The van der Waals surface area contributed by atoms with E-state index < -0.39 is 0 Å². The van der Waals surface area contributed by atoms with Crippen LogP contribution < -0.4 is 4.74 Å². The number of fused-ring (bicyclic) bond motifs is 4. The summed E-state index contributed by atoms with van der Waals surface area (Å²) >= 11 is 0. The molecule has 4 heterocycles. The number of hydrogen-bond donors (Lipinski definition) is 1. The van der Waals surface area contributed by atoms with E-state index in [2.05, 4.69) is 28.0 Å². The van der Waals surface area contributed by atoms with E-state index in [0.717, 1.165) is 51.3 Å². The molecule has 0 radical (unpaired) electrons. The number of aliphatic hydroxyl groups excluding tert-OH is 1. The molecule has 1 N–H and O–H groups in total. The topological polar surface area (TPSA) is 35.9 Å². The van der Waals surface area contributed by atoms with Gasteiger partial charge in [-0.05, 0) is 30.0 Å². The van der Waals surface area contributed by atoms with Gasteiger partial charge in [0.2, 0.25) is 0 Å². The van der Waals surface area contributed by atoms with Gasteiger partial charge < -0.3 is 9.84 Å². The molecule has 3 fully saturated rings. The van der Waals surface area contributed by atoms with Crippen LogP contribution in [0.15, 0.2) is 18.2 Å². The number of ether oxygens (including phenoxy) is 1. The lowest BCUT2D eigenvalue weighted by atomic mass is 9.96. The van der Waals surface area contributed by atoms with Crippen molar-refractivity contribution in [1.29, 1.82) is 0 Å². The molecule has 2 atom stereocenters. The molecule has 2 bridgehead atoms. The Balaban J connectivity index is 1.36. The highest BCUT2D eigenvalue weighted by atomic mass is 16.5. The Morgan fingerprint density at radius 2 is 2.10 bits per heavy atom. The van der Waals surface area contributed by atoms with Gasteiger partial charge in [0.15, 0.2) is 0 Å². The van der Waals surface area contributed by atoms with Crippen molar-refractivity contribution in [3.05, 3.63) is 29.3 Å². The number of aliphatic hydroxyl groups is 1. The zero-order valence-corrected chi connectivity index (χ0v) is 12.5. The normalized spacial score (nSPS) is 31.8. The lowest BCUT2D eigenvalue weighted by molar-refractivity contribution is -0.0478. The first-order valence-corrected chi connectivity index (χ1v) is 8.19. The number of piperazine rings is 3. The van der Waals surface area contributed by atoms with Gasteiger partial charge in [0.05, 0.1) is 12.7 Å². The van der Waals surface area contributed by atoms with Gasteiger partial charge in [0.1, 0.15) is 5.75 Å². The van der Waals surface area contributed by atoms with Crippen LogP contribution in [0.2, 0.25) is 0 Å². The van der Waals surface area contributed by atoms with Gasteiger partial charge in [0.25, 0.3) is 0 Å². The highest BCUT2D eigenvalue weighted by Crippen LogP contribution is 2.27. The van der Waals surface area contributed by atoms with Crippen molar-refractivity contribution in [2.75, 3.05) is 39.3 Å². The van der Waals surface area contributed by atoms with Crippen molar-refractivity contribution in [1.82, 2.24) is 9.80 Å². The smallest absolute Gasteiger partial charge is 0.122 e. The summed E-state index contributed by atoms with van der Waals surface area (Å²) < 4.78 is 5.55. The molecule has 0 amide bonds. The Morgan fingerprint density at radius 1 is 1.24 bits per heavy atom. The van der Waals surface area contributed by atoms with Gasteiger partial charge in [-0.15, -0.1) is 0 Å². The van der Waals surface area contributed by atoms with E-state index >= 15 is 0 Å². The quantitative estimate of drug-likeness (QED) is 0.893. The highest BCUT2D eigenvalue weighted by molar-refractivity contribution is 5.39.